The van der Waals surface area contributed by atoms with Gasteiger partial charge >= 0.3 is 0 Å². The molecule has 0 radical (unpaired) electrons. The molecule has 2 aromatic heterocycles. The first-order chi connectivity index (χ1) is 14.5. The Morgan fingerprint density at radius 1 is 1.30 bits per heavy atom. The van der Waals surface area contributed by atoms with E-state index < -0.39 is 0 Å². The van der Waals surface area contributed by atoms with Crippen LogP contribution in [-0.4, -0.2) is 39.3 Å². The van der Waals surface area contributed by atoms with Crippen LogP contribution in [0.25, 0.3) is 10.3 Å². The largest absolute Gasteiger partial charge is 0.348 e. The fourth-order valence-corrected chi connectivity index (χ4v) is 5.49. The summed E-state index contributed by atoms with van der Waals surface area (Å²) in [5.74, 6) is -0.0931. The number of benzene rings is 1. The van der Waals surface area contributed by atoms with Crippen LogP contribution in [0.4, 0.5) is 10.8 Å². The highest BCUT2D eigenvalue weighted by Gasteiger charge is 2.21. The van der Waals surface area contributed by atoms with Crippen molar-refractivity contribution in [1.29, 1.82) is 0 Å². The Bertz CT molecular complexity index is 1150. The summed E-state index contributed by atoms with van der Waals surface area (Å²) in [6.07, 6.45) is 2.29. The van der Waals surface area contributed by atoms with Crippen molar-refractivity contribution in [2.75, 3.05) is 29.1 Å². The van der Waals surface area contributed by atoms with Gasteiger partial charge in [-0.1, -0.05) is 40.8 Å². The maximum atomic E-state index is 13.0. The van der Waals surface area contributed by atoms with E-state index in [9.17, 15) is 9.59 Å². The smallest absolute Gasteiger partial charge is 0.273 e. The summed E-state index contributed by atoms with van der Waals surface area (Å²) in [6.45, 7) is 6.24. The number of thioether (sulfide) groups is 1. The second-order valence-electron chi connectivity index (χ2n) is 7.11. The average molecular weight is 464 g/mol. The molecule has 0 saturated carbocycles. The number of amides is 1. The second kappa shape index (κ2) is 8.95. The number of carbonyl (C=O) groups excluding carboxylic acids is 1. The number of hydrogen-bond acceptors (Lipinski definition) is 7. The number of aryl methyl sites for hydroxylation is 1. The zero-order valence-electron chi connectivity index (χ0n) is 16.8. The SMILES string of the molecule is CCn1c(SCC(=O)Nc2ccc(C)cc2Cl)nc2nc(N3CCCC3)sc2c1=O. The second-order valence-corrected chi connectivity index (χ2v) is 9.43. The van der Waals surface area contributed by atoms with Gasteiger partial charge in [0.2, 0.25) is 5.91 Å². The number of fused-ring (bicyclic) bond motifs is 1. The molecule has 0 atom stereocenters. The summed E-state index contributed by atoms with van der Waals surface area (Å²) in [4.78, 5) is 36.8. The predicted molar refractivity (Wildman–Crippen MR) is 124 cm³/mol. The zero-order valence-corrected chi connectivity index (χ0v) is 19.2. The molecule has 1 aliphatic heterocycles. The molecule has 1 N–H and O–H groups in total. The van der Waals surface area contributed by atoms with Crippen LogP contribution in [0.15, 0.2) is 28.2 Å². The number of anilines is 2. The van der Waals surface area contributed by atoms with Crippen molar-refractivity contribution in [2.45, 2.75) is 38.4 Å². The van der Waals surface area contributed by atoms with E-state index in [1.165, 1.54) is 23.1 Å². The lowest BCUT2D eigenvalue weighted by atomic mass is 10.2. The summed E-state index contributed by atoms with van der Waals surface area (Å²) in [6, 6.07) is 5.47. The van der Waals surface area contributed by atoms with Gasteiger partial charge in [-0.25, -0.2) is 4.98 Å². The summed E-state index contributed by atoms with van der Waals surface area (Å²) in [5, 5.41) is 4.66. The lowest BCUT2D eigenvalue weighted by Gasteiger charge is -2.11. The number of nitrogens with zero attached hydrogens (tertiary/aromatic N) is 4. The minimum atomic E-state index is -0.209. The fourth-order valence-electron chi connectivity index (χ4n) is 3.35. The molecule has 1 aromatic carbocycles. The van der Waals surface area contributed by atoms with Crippen molar-refractivity contribution in [1.82, 2.24) is 14.5 Å². The highest BCUT2D eigenvalue weighted by Crippen LogP contribution is 2.29. The summed E-state index contributed by atoms with van der Waals surface area (Å²) >= 11 is 8.82. The number of rotatable bonds is 6. The molecule has 1 saturated heterocycles. The molecule has 30 heavy (non-hydrogen) atoms. The van der Waals surface area contributed by atoms with Crippen LogP contribution < -0.4 is 15.8 Å². The molecule has 3 aromatic rings. The monoisotopic (exact) mass is 463 g/mol. The standard InChI is InChI=1S/C20H22ClN5O2S2/c1-3-26-18(28)16-17(23-19(30-16)25-8-4-5-9-25)24-20(26)29-11-15(27)22-14-7-6-12(2)10-13(14)21/h6-7,10H,3-5,8-9,11H2,1-2H3,(H,22,27). The third-order valence-electron chi connectivity index (χ3n) is 4.89. The number of aromatic nitrogens is 3. The van der Waals surface area contributed by atoms with Crippen LogP contribution in [-0.2, 0) is 11.3 Å². The van der Waals surface area contributed by atoms with Crippen molar-refractivity contribution < 1.29 is 4.79 Å². The fraction of sp³-hybridized carbons (Fsp3) is 0.400. The Balaban J connectivity index is 1.54. The van der Waals surface area contributed by atoms with Crippen molar-refractivity contribution in [3.05, 3.63) is 39.1 Å². The zero-order chi connectivity index (χ0) is 21.3. The number of halogens is 1. The van der Waals surface area contributed by atoms with Crippen LogP contribution >= 0.6 is 34.7 Å². The van der Waals surface area contributed by atoms with Crippen LogP contribution in [0.1, 0.15) is 25.3 Å². The van der Waals surface area contributed by atoms with E-state index in [1.54, 1.807) is 16.7 Å². The third-order valence-corrected chi connectivity index (χ3v) is 7.28. The first-order valence-electron chi connectivity index (χ1n) is 9.81. The van der Waals surface area contributed by atoms with E-state index in [4.69, 9.17) is 11.6 Å². The molecule has 0 aliphatic carbocycles. The van der Waals surface area contributed by atoms with Crippen molar-refractivity contribution >= 4 is 61.8 Å². The van der Waals surface area contributed by atoms with Gasteiger partial charge in [-0.2, -0.15) is 4.98 Å². The van der Waals surface area contributed by atoms with Crippen molar-refractivity contribution in [3.63, 3.8) is 0 Å². The van der Waals surface area contributed by atoms with Gasteiger partial charge in [0.1, 0.15) is 4.70 Å². The predicted octanol–water partition coefficient (Wildman–Crippen LogP) is 4.17. The summed E-state index contributed by atoms with van der Waals surface area (Å²) in [5.41, 5.74) is 1.95. The first-order valence-corrected chi connectivity index (χ1v) is 12.0. The van der Waals surface area contributed by atoms with Gasteiger partial charge in [0.15, 0.2) is 15.9 Å². The van der Waals surface area contributed by atoms with Gasteiger partial charge in [-0.3, -0.25) is 14.2 Å². The van der Waals surface area contributed by atoms with E-state index in [2.05, 4.69) is 20.2 Å². The van der Waals surface area contributed by atoms with Gasteiger partial charge in [0, 0.05) is 19.6 Å². The number of carbonyl (C=O) groups is 1. The molecule has 7 nitrogen and oxygen atoms in total. The molecule has 1 amide bonds. The molecular formula is C20H22ClN5O2S2. The quantitative estimate of drug-likeness (QED) is 0.436. The van der Waals surface area contributed by atoms with Gasteiger partial charge in [-0.15, -0.1) is 0 Å². The molecule has 158 valence electrons. The maximum Gasteiger partial charge on any atom is 0.273 e. The minimum Gasteiger partial charge on any atom is -0.348 e. The summed E-state index contributed by atoms with van der Waals surface area (Å²) < 4.78 is 2.17. The third kappa shape index (κ3) is 4.33. The number of thiazole rings is 1. The average Bonchev–Trinajstić information content (AvgIpc) is 3.38. The Morgan fingerprint density at radius 3 is 2.77 bits per heavy atom. The Labute approximate surface area is 187 Å². The van der Waals surface area contributed by atoms with Gasteiger partial charge in [0.25, 0.3) is 5.56 Å². The molecule has 0 unspecified atom stereocenters. The first kappa shape index (κ1) is 21.1. The Hall–Kier alpha value is -2.10. The summed E-state index contributed by atoms with van der Waals surface area (Å²) in [7, 11) is 0. The van der Waals surface area contributed by atoms with Crippen molar-refractivity contribution in [2.24, 2.45) is 0 Å². The lowest BCUT2D eigenvalue weighted by molar-refractivity contribution is -0.113. The van der Waals surface area contributed by atoms with Crippen LogP contribution in [0.3, 0.4) is 0 Å². The molecule has 3 heterocycles. The highest BCUT2D eigenvalue weighted by molar-refractivity contribution is 7.99. The number of hydrogen-bond donors (Lipinski definition) is 1. The van der Waals surface area contributed by atoms with E-state index in [0.717, 1.165) is 36.6 Å². The molecular weight excluding hydrogens is 442 g/mol. The van der Waals surface area contributed by atoms with E-state index in [1.807, 2.05) is 19.9 Å². The van der Waals surface area contributed by atoms with Crippen molar-refractivity contribution in [3.8, 4) is 0 Å². The number of nitrogens with one attached hydrogen (secondary N) is 1. The highest BCUT2D eigenvalue weighted by atomic mass is 35.5. The lowest BCUT2D eigenvalue weighted by Crippen LogP contribution is -2.23. The molecule has 0 bridgehead atoms. The normalized spacial score (nSPS) is 13.9. The van der Waals surface area contributed by atoms with E-state index in [-0.39, 0.29) is 17.2 Å². The van der Waals surface area contributed by atoms with Crippen LogP contribution in [0.5, 0.6) is 0 Å². The molecule has 1 fully saturated rings. The van der Waals surface area contributed by atoms with Crippen LogP contribution in [0.2, 0.25) is 5.02 Å². The van der Waals surface area contributed by atoms with E-state index >= 15 is 0 Å². The molecule has 0 spiro atoms. The van der Waals surface area contributed by atoms with Gasteiger partial charge in [0.05, 0.1) is 16.5 Å². The maximum absolute atomic E-state index is 13.0. The molecule has 10 heteroatoms. The minimum absolute atomic E-state index is 0.102. The Morgan fingerprint density at radius 2 is 2.07 bits per heavy atom. The Kier molecular flexibility index (Phi) is 6.31. The van der Waals surface area contributed by atoms with Gasteiger partial charge < -0.3 is 10.2 Å². The molecule has 1 aliphatic rings. The van der Waals surface area contributed by atoms with E-state index in [0.29, 0.717) is 32.8 Å². The van der Waals surface area contributed by atoms with Gasteiger partial charge in [-0.05, 0) is 44.4 Å². The molecule has 4 rings (SSSR count). The topological polar surface area (TPSA) is 80.1 Å². The van der Waals surface area contributed by atoms with Crippen LogP contribution in [0, 0.1) is 6.92 Å².